The number of benzene rings is 1. The Hall–Kier alpha value is -1.81. The Morgan fingerprint density at radius 3 is 2.41 bits per heavy atom. The molecule has 2 heterocycles. The number of nitrogens with one attached hydrogen (secondary N) is 2. The third kappa shape index (κ3) is 7.50. The standard InChI is InChI=1S/C21H32N6O.HI/c1-2-23-21(25-18-9-13-26(14-10-18)16-20(22)28)24-15-17-5-7-19(8-6-17)27-11-3-4-12-27;/h3-8,18H,2,9-16H2,1H3,(H2,22,28)(H2,23,24,25);1H. The number of nitrogens with zero attached hydrogens (tertiary/aromatic N) is 3. The smallest absolute Gasteiger partial charge is 0.231 e. The molecule has 29 heavy (non-hydrogen) atoms. The average Bonchev–Trinajstić information content (AvgIpc) is 3.23. The summed E-state index contributed by atoms with van der Waals surface area (Å²) >= 11 is 0. The molecule has 1 fully saturated rings. The predicted molar refractivity (Wildman–Crippen MR) is 130 cm³/mol. The lowest BCUT2D eigenvalue weighted by atomic mass is 10.1. The van der Waals surface area contributed by atoms with E-state index in [4.69, 9.17) is 10.7 Å². The van der Waals surface area contributed by atoms with Crippen LogP contribution in [0, 0.1) is 0 Å². The van der Waals surface area contributed by atoms with E-state index in [1.807, 2.05) is 0 Å². The van der Waals surface area contributed by atoms with Gasteiger partial charge in [0.25, 0.3) is 0 Å². The van der Waals surface area contributed by atoms with Crippen molar-refractivity contribution in [1.29, 1.82) is 0 Å². The van der Waals surface area contributed by atoms with Gasteiger partial charge < -0.3 is 21.3 Å². The number of carbonyl (C=O) groups excluding carboxylic acids is 1. The van der Waals surface area contributed by atoms with Gasteiger partial charge in [-0.1, -0.05) is 24.3 Å². The summed E-state index contributed by atoms with van der Waals surface area (Å²) in [4.78, 5) is 20.3. The first-order chi connectivity index (χ1) is 13.6. The highest BCUT2D eigenvalue weighted by Crippen LogP contribution is 2.18. The first-order valence-electron chi connectivity index (χ1n) is 10.2. The van der Waals surface area contributed by atoms with Gasteiger partial charge in [0.15, 0.2) is 5.96 Å². The number of hydrogen-bond acceptors (Lipinski definition) is 4. The van der Waals surface area contributed by atoms with Crippen LogP contribution in [0.1, 0.15) is 25.3 Å². The van der Waals surface area contributed by atoms with Crippen LogP contribution >= 0.6 is 24.0 Å². The lowest BCUT2D eigenvalue weighted by Gasteiger charge is -2.32. The number of guanidine groups is 1. The molecule has 0 bridgehead atoms. The second-order valence-electron chi connectivity index (χ2n) is 7.40. The van der Waals surface area contributed by atoms with Gasteiger partial charge in [0, 0.05) is 44.5 Å². The molecule has 0 spiro atoms. The van der Waals surface area contributed by atoms with Crippen molar-refractivity contribution < 1.29 is 4.79 Å². The fourth-order valence-corrected chi connectivity index (χ4v) is 3.64. The molecule has 1 aromatic carbocycles. The molecule has 0 unspecified atom stereocenters. The molecule has 0 saturated carbocycles. The van der Waals surface area contributed by atoms with E-state index in [1.54, 1.807) is 0 Å². The molecule has 0 atom stereocenters. The van der Waals surface area contributed by atoms with Crippen molar-refractivity contribution in [3.05, 3.63) is 42.0 Å². The fourth-order valence-electron chi connectivity index (χ4n) is 3.64. The molecular formula is C21H33IN6O. The van der Waals surface area contributed by atoms with Crippen molar-refractivity contribution in [3.8, 4) is 0 Å². The summed E-state index contributed by atoms with van der Waals surface area (Å²) in [6, 6.07) is 9.03. The molecular weight excluding hydrogens is 479 g/mol. The van der Waals surface area contributed by atoms with Gasteiger partial charge >= 0.3 is 0 Å². The lowest BCUT2D eigenvalue weighted by molar-refractivity contribution is -0.119. The van der Waals surface area contributed by atoms with E-state index in [2.05, 4.69) is 63.8 Å². The number of carbonyl (C=O) groups is 1. The Bertz CT molecular complexity index is 690. The number of anilines is 1. The average molecular weight is 512 g/mol. The number of aliphatic imine (C=N–C) groups is 1. The summed E-state index contributed by atoms with van der Waals surface area (Å²) in [6.07, 6.45) is 6.36. The van der Waals surface area contributed by atoms with E-state index in [0.29, 0.717) is 19.1 Å². The maximum absolute atomic E-state index is 11.1. The molecule has 3 rings (SSSR count). The molecule has 2 aliphatic heterocycles. The molecule has 1 aromatic rings. The van der Waals surface area contributed by atoms with Gasteiger partial charge in [0.1, 0.15) is 0 Å². The molecule has 0 radical (unpaired) electrons. The zero-order valence-corrected chi connectivity index (χ0v) is 19.5. The molecule has 1 saturated heterocycles. The summed E-state index contributed by atoms with van der Waals surface area (Å²) in [5.74, 6) is 0.594. The van der Waals surface area contributed by atoms with Crippen LogP contribution < -0.4 is 21.3 Å². The van der Waals surface area contributed by atoms with Crippen LogP contribution in [-0.4, -0.2) is 62.1 Å². The van der Waals surface area contributed by atoms with E-state index in [0.717, 1.165) is 51.5 Å². The van der Waals surface area contributed by atoms with E-state index < -0.39 is 0 Å². The zero-order valence-electron chi connectivity index (χ0n) is 17.1. The Labute approximate surface area is 190 Å². The highest BCUT2D eigenvalue weighted by Gasteiger charge is 2.20. The van der Waals surface area contributed by atoms with Crippen LogP contribution in [-0.2, 0) is 11.3 Å². The summed E-state index contributed by atoms with van der Waals surface area (Å²) in [5, 5.41) is 6.87. The quantitative estimate of drug-likeness (QED) is 0.224. The Morgan fingerprint density at radius 2 is 1.83 bits per heavy atom. The molecule has 4 N–H and O–H groups in total. The molecule has 160 valence electrons. The minimum Gasteiger partial charge on any atom is -0.369 e. The molecule has 0 aromatic heterocycles. The molecule has 8 heteroatoms. The van der Waals surface area contributed by atoms with Crippen LogP contribution in [0.15, 0.2) is 41.4 Å². The van der Waals surface area contributed by atoms with Crippen molar-refractivity contribution in [2.45, 2.75) is 32.4 Å². The minimum absolute atomic E-state index is 0. The Balaban J connectivity index is 0.00000300. The number of piperidine rings is 1. The molecule has 7 nitrogen and oxygen atoms in total. The topological polar surface area (TPSA) is 86.0 Å². The van der Waals surface area contributed by atoms with Gasteiger partial charge in [-0.05, 0) is 37.5 Å². The largest absolute Gasteiger partial charge is 0.369 e. The predicted octanol–water partition coefficient (Wildman–Crippen LogP) is 1.69. The Kier molecular flexibility index (Phi) is 9.72. The van der Waals surface area contributed by atoms with Gasteiger partial charge in [0.2, 0.25) is 5.91 Å². The van der Waals surface area contributed by atoms with Crippen LogP contribution in [0.3, 0.4) is 0 Å². The van der Waals surface area contributed by atoms with Gasteiger partial charge in [-0.25, -0.2) is 4.99 Å². The summed E-state index contributed by atoms with van der Waals surface area (Å²) in [5.41, 5.74) is 7.74. The SMILES string of the molecule is CCNC(=NCc1ccc(N2CC=CC2)cc1)NC1CCN(CC(N)=O)CC1.I. The van der Waals surface area contributed by atoms with Crippen molar-refractivity contribution in [2.75, 3.05) is 44.2 Å². The third-order valence-corrected chi connectivity index (χ3v) is 5.19. The number of hydrogen-bond donors (Lipinski definition) is 3. The number of primary amides is 1. The monoisotopic (exact) mass is 512 g/mol. The summed E-state index contributed by atoms with van der Waals surface area (Å²) in [7, 11) is 0. The third-order valence-electron chi connectivity index (χ3n) is 5.19. The highest BCUT2D eigenvalue weighted by atomic mass is 127. The summed E-state index contributed by atoms with van der Waals surface area (Å²) < 4.78 is 0. The highest BCUT2D eigenvalue weighted by molar-refractivity contribution is 14.0. The van der Waals surface area contributed by atoms with Gasteiger partial charge in [-0.15, -0.1) is 24.0 Å². The second kappa shape index (κ2) is 12.0. The van der Waals surface area contributed by atoms with Crippen molar-refractivity contribution in [1.82, 2.24) is 15.5 Å². The maximum Gasteiger partial charge on any atom is 0.231 e. The van der Waals surface area contributed by atoms with Crippen LogP contribution in [0.4, 0.5) is 5.69 Å². The van der Waals surface area contributed by atoms with Gasteiger partial charge in [-0.2, -0.15) is 0 Å². The molecule has 2 aliphatic rings. The lowest BCUT2D eigenvalue weighted by Crippen LogP contribution is -2.49. The summed E-state index contributed by atoms with van der Waals surface area (Å²) in [6.45, 7) is 7.64. The van der Waals surface area contributed by atoms with E-state index in [-0.39, 0.29) is 29.9 Å². The zero-order chi connectivity index (χ0) is 19.8. The number of likely N-dealkylation sites (tertiary alicyclic amines) is 1. The number of amides is 1. The van der Waals surface area contributed by atoms with Crippen LogP contribution in [0.5, 0.6) is 0 Å². The normalized spacial score (nSPS) is 17.8. The van der Waals surface area contributed by atoms with E-state index >= 15 is 0 Å². The van der Waals surface area contributed by atoms with Crippen LogP contribution in [0.2, 0.25) is 0 Å². The molecule has 0 aliphatic carbocycles. The first kappa shape index (κ1) is 23.5. The van der Waals surface area contributed by atoms with Crippen molar-refractivity contribution in [3.63, 3.8) is 0 Å². The maximum atomic E-state index is 11.1. The van der Waals surface area contributed by atoms with E-state index in [1.165, 1.54) is 11.3 Å². The number of rotatable bonds is 7. The van der Waals surface area contributed by atoms with E-state index in [9.17, 15) is 4.79 Å². The first-order valence-corrected chi connectivity index (χ1v) is 10.2. The number of nitrogens with two attached hydrogens (primary N) is 1. The Morgan fingerprint density at radius 1 is 1.17 bits per heavy atom. The van der Waals surface area contributed by atoms with Gasteiger partial charge in [0.05, 0.1) is 13.1 Å². The molecule has 1 amide bonds. The van der Waals surface area contributed by atoms with Crippen molar-refractivity contribution in [2.24, 2.45) is 10.7 Å². The van der Waals surface area contributed by atoms with Gasteiger partial charge in [-0.3, -0.25) is 9.69 Å². The van der Waals surface area contributed by atoms with Crippen LogP contribution in [0.25, 0.3) is 0 Å². The minimum atomic E-state index is -0.256. The fraction of sp³-hybridized carbons (Fsp3) is 0.524. The van der Waals surface area contributed by atoms with Crippen molar-refractivity contribution >= 4 is 41.5 Å². The second-order valence-corrected chi connectivity index (χ2v) is 7.40. The number of halogens is 1.